The second-order valence-electron chi connectivity index (χ2n) is 6.78. The molecule has 1 amide bonds. The highest BCUT2D eigenvalue weighted by Crippen LogP contribution is 2.43. The third-order valence-corrected chi connectivity index (χ3v) is 5.18. The Hall–Kier alpha value is -3.71. The van der Waals surface area contributed by atoms with E-state index in [1.165, 1.54) is 30.3 Å². The van der Waals surface area contributed by atoms with Crippen molar-refractivity contribution in [3.63, 3.8) is 0 Å². The fourth-order valence-corrected chi connectivity index (χ4v) is 3.77. The molecule has 3 aromatic rings. The van der Waals surface area contributed by atoms with Crippen molar-refractivity contribution in [2.24, 2.45) is 0 Å². The predicted octanol–water partition coefficient (Wildman–Crippen LogP) is 4.51. The van der Waals surface area contributed by atoms with Crippen LogP contribution in [0.1, 0.15) is 17.2 Å². The Morgan fingerprint density at radius 3 is 2.65 bits per heavy atom. The minimum atomic E-state index is -1.000. The Bertz CT molecular complexity index is 1210. The van der Waals surface area contributed by atoms with Gasteiger partial charge in [-0.25, -0.2) is 4.39 Å². The van der Waals surface area contributed by atoms with Gasteiger partial charge in [0.1, 0.15) is 17.3 Å². The second-order valence-corrected chi connectivity index (χ2v) is 7.22. The SMILES string of the molecule is COc1ccc(F)cc1/C(O)=C1\C(=O)C(=O)N(c2cccc(Cl)c2)C1c1cccnc1. The van der Waals surface area contributed by atoms with Gasteiger partial charge in [-0.1, -0.05) is 23.7 Å². The molecule has 1 fully saturated rings. The number of ketones is 1. The number of hydrogen-bond acceptors (Lipinski definition) is 5. The van der Waals surface area contributed by atoms with Crippen LogP contribution in [-0.2, 0) is 9.59 Å². The van der Waals surface area contributed by atoms with Crippen LogP contribution >= 0.6 is 11.6 Å². The van der Waals surface area contributed by atoms with Gasteiger partial charge in [-0.15, -0.1) is 0 Å². The van der Waals surface area contributed by atoms with Gasteiger partial charge < -0.3 is 9.84 Å². The number of rotatable bonds is 4. The van der Waals surface area contributed by atoms with E-state index in [4.69, 9.17) is 16.3 Å². The number of pyridine rings is 1. The molecule has 4 rings (SSSR count). The van der Waals surface area contributed by atoms with Crippen LogP contribution in [0.25, 0.3) is 5.76 Å². The van der Waals surface area contributed by atoms with Gasteiger partial charge in [0.05, 0.1) is 24.3 Å². The van der Waals surface area contributed by atoms with Gasteiger partial charge in [-0.3, -0.25) is 19.5 Å². The Morgan fingerprint density at radius 2 is 1.97 bits per heavy atom. The van der Waals surface area contributed by atoms with Crippen molar-refractivity contribution in [3.05, 3.63) is 94.5 Å². The van der Waals surface area contributed by atoms with E-state index < -0.39 is 29.3 Å². The van der Waals surface area contributed by atoms with Gasteiger partial charge in [0, 0.05) is 23.1 Å². The smallest absolute Gasteiger partial charge is 0.300 e. The van der Waals surface area contributed by atoms with Crippen molar-refractivity contribution in [2.45, 2.75) is 6.04 Å². The number of aromatic nitrogens is 1. The lowest BCUT2D eigenvalue weighted by Gasteiger charge is -2.25. The van der Waals surface area contributed by atoms with Crippen LogP contribution in [-0.4, -0.2) is 28.9 Å². The maximum atomic E-state index is 13.9. The molecule has 1 N–H and O–H groups in total. The van der Waals surface area contributed by atoms with Crippen molar-refractivity contribution in [2.75, 3.05) is 12.0 Å². The highest BCUT2D eigenvalue weighted by molar-refractivity contribution is 6.51. The first-order chi connectivity index (χ1) is 14.9. The summed E-state index contributed by atoms with van der Waals surface area (Å²) in [6.45, 7) is 0. The largest absolute Gasteiger partial charge is 0.507 e. The minimum Gasteiger partial charge on any atom is -0.507 e. The molecule has 31 heavy (non-hydrogen) atoms. The Balaban J connectivity index is 1.99. The number of aliphatic hydroxyl groups is 1. The number of benzene rings is 2. The summed E-state index contributed by atoms with van der Waals surface area (Å²) in [7, 11) is 1.35. The quantitative estimate of drug-likeness (QED) is 0.368. The Kier molecular flexibility index (Phi) is 5.44. The first kappa shape index (κ1) is 20.6. The molecule has 1 atom stereocenters. The molecule has 1 aromatic heterocycles. The van der Waals surface area contributed by atoms with E-state index in [0.29, 0.717) is 16.3 Å². The number of anilines is 1. The highest BCUT2D eigenvalue weighted by atomic mass is 35.5. The number of carbonyl (C=O) groups is 2. The molecular weight excluding hydrogens is 423 g/mol. The van der Waals surface area contributed by atoms with Gasteiger partial charge in [-0.2, -0.15) is 0 Å². The molecule has 1 unspecified atom stereocenters. The number of halogens is 2. The normalized spacial score (nSPS) is 17.8. The first-order valence-electron chi connectivity index (χ1n) is 9.22. The number of aliphatic hydroxyl groups excluding tert-OH is 1. The average Bonchev–Trinajstić information content (AvgIpc) is 3.04. The maximum Gasteiger partial charge on any atom is 0.300 e. The lowest BCUT2D eigenvalue weighted by Crippen LogP contribution is -2.29. The molecule has 8 heteroatoms. The fraction of sp³-hybridized carbons (Fsp3) is 0.0870. The van der Waals surface area contributed by atoms with E-state index in [-0.39, 0.29) is 16.9 Å². The highest BCUT2D eigenvalue weighted by Gasteiger charge is 2.47. The third kappa shape index (κ3) is 3.64. The average molecular weight is 439 g/mol. The summed E-state index contributed by atoms with van der Waals surface area (Å²) in [5, 5.41) is 11.5. The Morgan fingerprint density at radius 1 is 1.16 bits per heavy atom. The molecule has 6 nitrogen and oxygen atoms in total. The summed E-state index contributed by atoms with van der Waals surface area (Å²) in [5.41, 5.74) is 0.606. The van der Waals surface area contributed by atoms with E-state index in [0.717, 1.165) is 6.07 Å². The molecule has 156 valence electrons. The fourth-order valence-electron chi connectivity index (χ4n) is 3.59. The van der Waals surface area contributed by atoms with Crippen LogP contribution in [0.4, 0.5) is 10.1 Å². The van der Waals surface area contributed by atoms with Gasteiger partial charge in [0.2, 0.25) is 0 Å². The van der Waals surface area contributed by atoms with Gasteiger partial charge in [0.15, 0.2) is 0 Å². The zero-order valence-electron chi connectivity index (χ0n) is 16.3. The predicted molar refractivity (Wildman–Crippen MR) is 113 cm³/mol. The van der Waals surface area contributed by atoms with E-state index in [1.54, 1.807) is 42.6 Å². The molecule has 1 aliphatic heterocycles. The number of nitrogens with zero attached hydrogens (tertiary/aromatic N) is 2. The van der Waals surface area contributed by atoms with Crippen molar-refractivity contribution in [3.8, 4) is 5.75 Å². The van der Waals surface area contributed by atoms with Crippen LogP contribution in [0, 0.1) is 5.82 Å². The van der Waals surface area contributed by atoms with Gasteiger partial charge >= 0.3 is 0 Å². The summed E-state index contributed by atoms with van der Waals surface area (Å²) < 4.78 is 19.1. The molecule has 0 spiro atoms. The zero-order chi connectivity index (χ0) is 22.1. The molecule has 2 aromatic carbocycles. The molecule has 0 saturated carbocycles. The first-order valence-corrected chi connectivity index (χ1v) is 9.60. The van der Waals surface area contributed by atoms with Crippen LogP contribution in [0.5, 0.6) is 5.75 Å². The minimum absolute atomic E-state index is 0.0412. The van der Waals surface area contributed by atoms with Crippen LogP contribution in [0.2, 0.25) is 5.02 Å². The van der Waals surface area contributed by atoms with Gasteiger partial charge in [0.25, 0.3) is 11.7 Å². The van der Waals surface area contributed by atoms with E-state index >= 15 is 0 Å². The summed E-state index contributed by atoms with van der Waals surface area (Å²) in [6.07, 6.45) is 3.04. The van der Waals surface area contributed by atoms with Crippen LogP contribution < -0.4 is 9.64 Å². The van der Waals surface area contributed by atoms with Gasteiger partial charge in [-0.05, 0) is 48.0 Å². The standard InChI is InChI=1S/C23H16ClFN2O4/c1-31-18-8-7-15(25)11-17(18)21(28)19-20(13-4-3-9-26-12-13)27(23(30)22(19)29)16-6-2-5-14(24)10-16/h2-12,20,28H,1H3/b21-19+. The van der Waals surface area contributed by atoms with Crippen molar-refractivity contribution >= 4 is 34.7 Å². The monoisotopic (exact) mass is 438 g/mol. The number of methoxy groups -OCH3 is 1. The van der Waals surface area contributed by atoms with Crippen LogP contribution in [0.3, 0.4) is 0 Å². The third-order valence-electron chi connectivity index (χ3n) is 4.95. The maximum absolute atomic E-state index is 13.9. The van der Waals surface area contributed by atoms with E-state index in [1.807, 2.05) is 0 Å². The molecule has 1 saturated heterocycles. The summed E-state index contributed by atoms with van der Waals surface area (Å²) >= 11 is 6.10. The molecular formula is C23H16ClFN2O4. The topological polar surface area (TPSA) is 79.7 Å². The number of ether oxygens (including phenoxy) is 1. The van der Waals surface area contributed by atoms with Crippen LogP contribution in [0.15, 0.2) is 72.6 Å². The van der Waals surface area contributed by atoms with E-state index in [9.17, 15) is 19.1 Å². The summed E-state index contributed by atoms with van der Waals surface area (Å²) in [5.74, 6) is -2.80. The summed E-state index contributed by atoms with van der Waals surface area (Å²) in [4.78, 5) is 31.4. The second kappa shape index (κ2) is 8.20. The number of amides is 1. The van der Waals surface area contributed by atoms with Crippen molar-refractivity contribution in [1.29, 1.82) is 0 Å². The molecule has 1 aliphatic rings. The summed E-state index contributed by atoms with van der Waals surface area (Å²) in [6, 6.07) is 12.3. The number of carbonyl (C=O) groups excluding carboxylic acids is 2. The number of Topliss-reactive ketones (excluding diaryl/α,β-unsaturated/α-hetero) is 1. The lowest BCUT2D eigenvalue weighted by molar-refractivity contribution is -0.132. The zero-order valence-corrected chi connectivity index (χ0v) is 17.0. The van der Waals surface area contributed by atoms with E-state index in [2.05, 4.69) is 4.98 Å². The molecule has 0 bridgehead atoms. The lowest BCUT2D eigenvalue weighted by atomic mass is 9.95. The number of hydrogen-bond donors (Lipinski definition) is 1. The van der Waals surface area contributed by atoms with Crippen molar-refractivity contribution in [1.82, 2.24) is 4.98 Å². The molecule has 0 aliphatic carbocycles. The Labute approximate surface area is 182 Å². The molecule has 2 heterocycles. The molecule has 0 radical (unpaired) electrons. The van der Waals surface area contributed by atoms with Crippen molar-refractivity contribution < 1.29 is 23.8 Å².